The van der Waals surface area contributed by atoms with Gasteiger partial charge in [-0.05, 0) is 42.5 Å². The summed E-state index contributed by atoms with van der Waals surface area (Å²) >= 11 is 0. The van der Waals surface area contributed by atoms with Crippen LogP contribution in [0.4, 0.5) is 29.3 Å². The standard InChI is InChI=1S/C19H18F3N3O/c1-25(2)17-10-8-14(9-11-17)5-4-12-23-18(26)24-16-7-3-6-15(13-16)19(20,21)22/h3,6-11,13H,12H2,1-2H3,(H2,23,24,26). The van der Waals surface area contributed by atoms with E-state index in [0.29, 0.717) is 0 Å². The fourth-order valence-corrected chi connectivity index (χ4v) is 2.06. The molecule has 0 aliphatic carbocycles. The highest BCUT2D eigenvalue weighted by Crippen LogP contribution is 2.30. The molecule has 0 aliphatic rings. The fraction of sp³-hybridized carbons (Fsp3) is 0.211. The van der Waals surface area contributed by atoms with Crippen molar-refractivity contribution in [1.82, 2.24) is 5.32 Å². The average Bonchev–Trinajstić information content (AvgIpc) is 2.58. The Labute approximate surface area is 150 Å². The highest BCUT2D eigenvalue weighted by molar-refractivity contribution is 5.89. The van der Waals surface area contributed by atoms with Crippen LogP contribution in [0.2, 0.25) is 0 Å². The van der Waals surface area contributed by atoms with E-state index in [4.69, 9.17) is 0 Å². The molecule has 0 saturated carbocycles. The first kappa shape index (κ1) is 19.2. The van der Waals surface area contributed by atoms with E-state index in [0.717, 1.165) is 23.4 Å². The third kappa shape index (κ3) is 5.74. The summed E-state index contributed by atoms with van der Waals surface area (Å²) in [6, 6.07) is 11.4. The van der Waals surface area contributed by atoms with Crippen molar-refractivity contribution in [3.8, 4) is 11.8 Å². The molecule has 2 rings (SSSR count). The molecule has 0 unspecified atom stereocenters. The molecule has 7 heteroatoms. The first-order valence-corrected chi connectivity index (χ1v) is 7.74. The number of rotatable bonds is 3. The predicted molar refractivity (Wildman–Crippen MR) is 96.1 cm³/mol. The third-order valence-electron chi connectivity index (χ3n) is 3.40. The van der Waals surface area contributed by atoms with Crippen LogP contribution in [0.3, 0.4) is 0 Å². The van der Waals surface area contributed by atoms with E-state index in [1.165, 1.54) is 12.1 Å². The molecule has 0 fully saturated rings. The van der Waals surface area contributed by atoms with Crippen LogP contribution in [-0.4, -0.2) is 26.7 Å². The van der Waals surface area contributed by atoms with E-state index >= 15 is 0 Å². The molecular weight excluding hydrogens is 343 g/mol. The Morgan fingerprint density at radius 1 is 1.12 bits per heavy atom. The van der Waals surface area contributed by atoms with E-state index in [1.54, 1.807) is 0 Å². The number of carbonyl (C=O) groups excluding carboxylic acids is 1. The minimum atomic E-state index is -4.46. The molecule has 0 spiro atoms. The minimum Gasteiger partial charge on any atom is -0.378 e. The molecule has 2 aromatic carbocycles. The molecule has 2 amide bonds. The van der Waals surface area contributed by atoms with Gasteiger partial charge in [-0.1, -0.05) is 17.9 Å². The van der Waals surface area contributed by atoms with Crippen molar-refractivity contribution in [1.29, 1.82) is 0 Å². The summed E-state index contributed by atoms with van der Waals surface area (Å²) < 4.78 is 37.9. The fourth-order valence-electron chi connectivity index (χ4n) is 2.06. The average molecular weight is 361 g/mol. The Morgan fingerprint density at radius 3 is 2.42 bits per heavy atom. The monoisotopic (exact) mass is 361 g/mol. The zero-order valence-corrected chi connectivity index (χ0v) is 14.3. The van der Waals surface area contributed by atoms with Crippen LogP contribution in [0, 0.1) is 11.8 Å². The van der Waals surface area contributed by atoms with Gasteiger partial charge in [0.25, 0.3) is 0 Å². The summed E-state index contributed by atoms with van der Waals surface area (Å²) in [4.78, 5) is 13.7. The topological polar surface area (TPSA) is 44.4 Å². The quantitative estimate of drug-likeness (QED) is 0.814. The van der Waals surface area contributed by atoms with Crippen molar-refractivity contribution in [2.24, 2.45) is 0 Å². The lowest BCUT2D eigenvalue weighted by atomic mass is 10.2. The number of anilines is 2. The molecule has 136 valence electrons. The maximum Gasteiger partial charge on any atom is 0.416 e. The first-order valence-electron chi connectivity index (χ1n) is 7.74. The van der Waals surface area contributed by atoms with Crippen LogP contribution < -0.4 is 15.5 Å². The van der Waals surface area contributed by atoms with Crippen LogP contribution in [0.1, 0.15) is 11.1 Å². The van der Waals surface area contributed by atoms with Crippen LogP contribution in [0.25, 0.3) is 0 Å². The normalized spacial score (nSPS) is 10.5. The molecule has 0 aromatic heterocycles. The zero-order chi connectivity index (χ0) is 19.2. The van der Waals surface area contributed by atoms with Gasteiger partial charge in [0.05, 0.1) is 12.1 Å². The van der Waals surface area contributed by atoms with Crippen LogP contribution >= 0.6 is 0 Å². The van der Waals surface area contributed by atoms with E-state index in [2.05, 4.69) is 22.5 Å². The number of hydrogen-bond donors (Lipinski definition) is 2. The summed E-state index contributed by atoms with van der Waals surface area (Å²) in [5.41, 5.74) is 1.09. The highest BCUT2D eigenvalue weighted by atomic mass is 19.4. The number of nitrogens with zero attached hydrogens (tertiary/aromatic N) is 1. The van der Waals surface area contributed by atoms with Crippen LogP contribution in [0.15, 0.2) is 48.5 Å². The van der Waals surface area contributed by atoms with E-state index < -0.39 is 17.8 Å². The summed E-state index contributed by atoms with van der Waals surface area (Å²) in [6.45, 7) is 0.0697. The molecule has 4 nitrogen and oxygen atoms in total. The maximum absolute atomic E-state index is 12.6. The van der Waals surface area contributed by atoms with Gasteiger partial charge in [0.1, 0.15) is 0 Å². The van der Waals surface area contributed by atoms with Gasteiger partial charge in [-0.15, -0.1) is 0 Å². The summed E-state index contributed by atoms with van der Waals surface area (Å²) in [6.07, 6.45) is -4.46. The highest BCUT2D eigenvalue weighted by Gasteiger charge is 2.30. The Balaban J connectivity index is 1.86. The Kier molecular flexibility index (Phi) is 6.12. The number of carbonyl (C=O) groups is 1. The van der Waals surface area contributed by atoms with Gasteiger partial charge >= 0.3 is 12.2 Å². The Hall–Kier alpha value is -3.14. The second-order valence-corrected chi connectivity index (χ2v) is 5.63. The molecule has 0 bridgehead atoms. The second kappa shape index (κ2) is 8.30. The van der Waals surface area contributed by atoms with Gasteiger partial charge in [-0.25, -0.2) is 4.79 Å². The van der Waals surface area contributed by atoms with Crippen molar-refractivity contribution < 1.29 is 18.0 Å². The van der Waals surface area contributed by atoms with Crippen molar-refractivity contribution in [2.45, 2.75) is 6.18 Å². The van der Waals surface area contributed by atoms with Gasteiger partial charge < -0.3 is 15.5 Å². The van der Waals surface area contributed by atoms with Gasteiger partial charge in [-0.3, -0.25) is 0 Å². The largest absolute Gasteiger partial charge is 0.416 e. The predicted octanol–water partition coefficient (Wildman–Crippen LogP) is 3.94. The lowest BCUT2D eigenvalue weighted by Crippen LogP contribution is -2.29. The smallest absolute Gasteiger partial charge is 0.378 e. The van der Waals surface area contributed by atoms with E-state index in [-0.39, 0.29) is 12.2 Å². The van der Waals surface area contributed by atoms with E-state index in [1.807, 2.05) is 43.3 Å². The van der Waals surface area contributed by atoms with Crippen molar-refractivity contribution in [2.75, 3.05) is 30.9 Å². The van der Waals surface area contributed by atoms with Gasteiger partial charge in [0.15, 0.2) is 0 Å². The van der Waals surface area contributed by atoms with E-state index in [9.17, 15) is 18.0 Å². The Bertz CT molecular complexity index is 818. The SMILES string of the molecule is CN(C)c1ccc(C#CCNC(=O)Nc2cccc(C(F)(F)F)c2)cc1. The maximum atomic E-state index is 12.6. The molecule has 2 aromatic rings. The third-order valence-corrected chi connectivity index (χ3v) is 3.40. The number of alkyl halides is 3. The summed E-state index contributed by atoms with van der Waals surface area (Å²) in [5.74, 6) is 5.69. The first-order chi connectivity index (χ1) is 12.3. The molecule has 0 aliphatic heterocycles. The molecule has 2 N–H and O–H groups in total. The number of urea groups is 1. The number of nitrogens with one attached hydrogen (secondary N) is 2. The lowest BCUT2D eigenvalue weighted by molar-refractivity contribution is -0.137. The lowest BCUT2D eigenvalue weighted by Gasteiger charge is -2.11. The molecular formula is C19H18F3N3O. The molecule has 0 saturated heterocycles. The zero-order valence-electron chi connectivity index (χ0n) is 14.3. The van der Waals surface area contributed by atoms with Crippen molar-refractivity contribution in [3.05, 3.63) is 59.7 Å². The summed E-state index contributed by atoms with van der Waals surface area (Å²) in [5, 5.41) is 4.83. The van der Waals surface area contributed by atoms with Crippen LogP contribution in [0.5, 0.6) is 0 Å². The molecule has 0 heterocycles. The molecule has 0 radical (unpaired) electrons. The Morgan fingerprint density at radius 2 is 1.81 bits per heavy atom. The van der Waals surface area contributed by atoms with Crippen LogP contribution in [-0.2, 0) is 6.18 Å². The number of halogens is 3. The number of benzene rings is 2. The molecule has 0 atom stereocenters. The number of hydrogen-bond acceptors (Lipinski definition) is 2. The van der Waals surface area contributed by atoms with Gasteiger partial charge in [0, 0.05) is 31.0 Å². The number of amides is 2. The van der Waals surface area contributed by atoms with Gasteiger partial charge in [0.2, 0.25) is 0 Å². The summed E-state index contributed by atoms with van der Waals surface area (Å²) in [7, 11) is 3.88. The molecule has 26 heavy (non-hydrogen) atoms. The second-order valence-electron chi connectivity index (χ2n) is 5.63. The van der Waals surface area contributed by atoms with Gasteiger partial charge in [-0.2, -0.15) is 13.2 Å². The van der Waals surface area contributed by atoms with Crippen molar-refractivity contribution in [3.63, 3.8) is 0 Å². The van der Waals surface area contributed by atoms with Crippen molar-refractivity contribution >= 4 is 17.4 Å². The minimum absolute atomic E-state index is 0.0598.